The quantitative estimate of drug-likeness (QED) is 0.869. The fourth-order valence-corrected chi connectivity index (χ4v) is 2.82. The molecule has 114 valence electrons. The Balaban J connectivity index is 2.26. The molecule has 4 heteroatoms. The van der Waals surface area contributed by atoms with Crippen molar-refractivity contribution in [3.05, 3.63) is 41.2 Å². The summed E-state index contributed by atoms with van der Waals surface area (Å²) in [4.78, 5) is 0. The van der Waals surface area contributed by atoms with Crippen LogP contribution >= 0.6 is 0 Å². The zero-order valence-electron chi connectivity index (χ0n) is 13.6. The lowest BCUT2D eigenvalue weighted by molar-refractivity contribution is 0.341. The fourth-order valence-electron chi connectivity index (χ4n) is 2.82. The third-order valence-electron chi connectivity index (χ3n) is 3.73. The van der Waals surface area contributed by atoms with E-state index in [1.165, 1.54) is 11.3 Å². The standard InChI is InChI=1S/C17H25N3O/c1-6-20-14(5)17(13(4)19-20)12(3)18-15-10-8-9-11-16(15)21-7-2/h8-12,18H,6-7H2,1-5H3. The SMILES string of the molecule is CCOc1ccccc1NC(C)c1c(C)nn(CC)c1C. The number of nitrogens with one attached hydrogen (secondary N) is 1. The number of anilines is 1. The van der Waals surface area contributed by atoms with Crippen molar-refractivity contribution in [3.8, 4) is 5.75 Å². The summed E-state index contributed by atoms with van der Waals surface area (Å²) in [6.45, 7) is 12.0. The average Bonchev–Trinajstić information content (AvgIpc) is 2.75. The van der Waals surface area contributed by atoms with E-state index < -0.39 is 0 Å². The van der Waals surface area contributed by atoms with Gasteiger partial charge in [0.05, 0.1) is 24.0 Å². The van der Waals surface area contributed by atoms with Crippen molar-refractivity contribution in [3.63, 3.8) is 0 Å². The van der Waals surface area contributed by atoms with Gasteiger partial charge in [0.2, 0.25) is 0 Å². The van der Waals surface area contributed by atoms with Crippen molar-refractivity contribution in [1.29, 1.82) is 0 Å². The van der Waals surface area contributed by atoms with E-state index in [-0.39, 0.29) is 6.04 Å². The molecule has 4 nitrogen and oxygen atoms in total. The highest BCUT2D eigenvalue weighted by Gasteiger charge is 2.17. The van der Waals surface area contributed by atoms with Crippen LogP contribution in [0.1, 0.15) is 43.8 Å². The normalized spacial score (nSPS) is 12.2. The predicted molar refractivity (Wildman–Crippen MR) is 87.0 cm³/mol. The number of para-hydroxylation sites is 2. The monoisotopic (exact) mass is 287 g/mol. The molecule has 1 atom stereocenters. The summed E-state index contributed by atoms with van der Waals surface area (Å²) in [5.74, 6) is 0.894. The molecule has 1 N–H and O–H groups in total. The minimum Gasteiger partial charge on any atom is -0.492 e. The van der Waals surface area contributed by atoms with E-state index in [0.29, 0.717) is 6.61 Å². The molecule has 0 amide bonds. The number of rotatable bonds is 6. The van der Waals surface area contributed by atoms with Gasteiger partial charge in [0.1, 0.15) is 5.75 Å². The fraction of sp³-hybridized carbons (Fsp3) is 0.471. The first-order valence-corrected chi connectivity index (χ1v) is 7.60. The van der Waals surface area contributed by atoms with Gasteiger partial charge in [-0.05, 0) is 46.8 Å². The highest BCUT2D eigenvalue weighted by Crippen LogP contribution is 2.30. The van der Waals surface area contributed by atoms with Crippen LogP contribution in [0.25, 0.3) is 0 Å². The first kappa shape index (κ1) is 15.4. The van der Waals surface area contributed by atoms with Crippen molar-refractivity contribution in [1.82, 2.24) is 9.78 Å². The van der Waals surface area contributed by atoms with Gasteiger partial charge in [-0.25, -0.2) is 0 Å². The highest BCUT2D eigenvalue weighted by molar-refractivity contribution is 5.57. The van der Waals surface area contributed by atoms with Gasteiger partial charge >= 0.3 is 0 Å². The second-order valence-corrected chi connectivity index (χ2v) is 5.20. The van der Waals surface area contributed by atoms with Crippen LogP contribution in [-0.2, 0) is 6.54 Å². The van der Waals surface area contributed by atoms with E-state index in [1.807, 2.05) is 25.1 Å². The minimum absolute atomic E-state index is 0.187. The van der Waals surface area contributed by atoms with Gasteiger partial charge in [-0.2, -0.15) is 5.10 Å². The summed E-state index contributed by atoms with van der Waals surface area (Å²) in [7, 11) is 0. The van der Waals surface area contributed by atoms with Gasteiger partial charge in [-0.1, -0.05) is 12.1 Å². The van der Waals surface area contributed by atoms with Gasteiger partial charge in [0, 0.05) is 17.8 Å². The summed E-state index contributed by atoms with van der Waals surface area (Å²) in [5.41, 5.74) is 4.60. The Morgan fingerprint density at radius 1 is 1.24 bits per heavy atom. The maximum atomic E-state index is 5.68. The van der Waals surface area contributed by atoms with Crippen molar-refractivity contribution >= 4 is 5.69 Å². The molecular formula is C17H25N3O. The molecule has 1 aromatic heterocycles. The number of hydrogen-bond donors (Lipinski definition) is 1. The van der Waals surface area contributed by atoms with Crippen molar-refractivity contribution in [2.24, 2.45) is 0 Å². The summed E-state index contributed by atoms with van der Waals surface area (Å²) in [5, 5.41) is 8.15. The second kappa shape index (κ2) is 6.66. The molecular weight excluding hydrogens is 262 g/mol. The van der Waals surface area contributed by atoms with E-state index in [9.17, 15) is 0 Å². The minimum atomic E-state index is 0.187. The van der Waals surface area contributed by atoms with Gasteiger partial charge in [-0.15, -0.1) is 0 Å². The number of aromatic nitrogens is 2. The smallest absolute Gasteiger partial charge is 0.142 e. The molecule has 0 spiro atoms. The Morgan fingerprint density at radius 3 is 2.57 bits per heavy atom. The number of nitrogens with zero attached hydrogens (tertiary/aromatic N) is 2. The van der Waals surface area contributed by atoms with Crippen LogP contribution < -0.4 is 10.1 Å². The molecule has 1 aromatic carbocycles. The van der Waals surface area contributed by atoms with E-state index in [0.717, 1.165) is 23.7 Å². The van der Waals surface area contributed by atoms with Crippen LogP contribution in [0.15, 0.2) is 24.3 Å². The first-order valence-electron chi connectivity index (χ1n) is 7.60. The molecule has 0 saturated carbocycles. The molecule has 1 unspecified atom stereocenters. The number of hydrogen-bond acceptors (Lipinski definition) is 3. The molecule has 0 fully saturated rings. The summed E-state index contributed by atoms with van der Waals surface area (Å²) in [6, 6.07) is 8.25. The third kappa shape index (κ3) is 3.20. The molecule has 0 aliphatic heterocycles. The number of aryl methyl sites for hydroxylation is 2. The van der Waals surface area contributed by atoms with Crippen LogP contribution in [0.2, 0.25) is 0 Å². The summed E-state index contributed by atoms with van der Waals surface area (Å²) in [6.07, 6.45) is 0. The third-order valence-corrected chi connectivity index (χ3v) is 3.73. The maximum absolute atomic E-state index is 5.68. The molecule has 0 saturated heterocycles. The molecule has 0 bridgehead atoms. The first-order chi connectivity index (χ1) is 10.1. The molecule has 1 heterocycles. The number of ether oxygens (including phenoxy) is 1. The van der Waals surface area contributed by atoms with E-state index in [1.54, 1.807) is 0 Å². The van der Waals surface area contributed by atoms with Gasteiger partial charge in [0.15, 0.2) is 0 Å². The Bertz CT molecular complexity index is 604. The van der Waals surface area contributed by atoms with Gasteiger partial charge < -0.3 is 10.1 Å². The maximum Gasteiger partial charge on any atom is 0.142 e. The lowest BCUT2D eigenvalue weighted by Gasteiger charge is -2.19. The van der Waals surface area contributed by atoms with Crippen molar-refractivity contribution in [2.45, 2.75) is 47.2 Å². The molecule has 2 aromatic rings. The Hall–Kier alpha value is -1.97. The predicted octanol–water partition coefficient (Wildman–Crippen LogP) is 4.09. The van der Waals surface area contributed by atoms with Crippen LogP contribution in [0, 0.1) is 13.8 Å². The Kier molecular flexibility index (Phi) is 4.89. The molecule has 0 radical (unpaired) electrons. The lowest BCUT2D eigenvalue weighted by atomic mass is 10.1. The summed E-state index contributed by atoms with van der Waals surface area (Å²) >= 11 is 0. The van der Waals surface area contributed by atoms with Crippen LogP contribution in [0.4, 0.5) is 5.69 Å². The zero-order chi connectivity index (χ0) is 15.4. The van der Waals surface area contributed by atoms with E-state index >= 15 is 0 Å². The van der Waals surface area contributed by atoms with Gasteiger partial charge in [0.25, 0.3) is 0 Å². The molecule has 21 heavy (non-hydrogen) atoms. The largest absolute Gasteiger partial charge is 0.492 e. The van der Waals surface area contributed by atoms with Crippen molar-refractivity contribution < 1.29 is 4.74 Å². The van der Waals surface area contributed by atoms with Crippen molar-refractivity contribution in [2.75, 3.05) is 11.9 Å². The Morgan fingerprint density at radius 2 is 1.95 bits per heavy atom. The molecule has 0 aliphatic rings. The lowest BCUT2D eigenvalue weighted by Crippen LogP contribution is -2.10. The zero-order valence-corrected chi connectivity index (χ0v) is 13.6. The van der Waals surface area contributed by atoms with E-state index in [4.69, 9.17) is 4.74 Å². The molecule has 2 rings (SSSR count). The van der Waals surface area contributed by atoms with Crippen LogP contribution in [0.3, 0.4) is 0 Å². The van der Waals surface area contributed by atoms with Crippen LogP contribution in [-0.4, -0.2) is 16.4 Å². The van der Waals surface area contributed by atoms with E-state index in [2.05, 4.69) is 48.9 Å². The van der Waals surface area contributed by atoms with Crippen LogP contribution in [0.5, 0.6) is 5.75 Å². The Labute approximate surface area is 127 Å². The topological polar surface area (TPSA) is 39.1 Å². The highest BCUT2D eigenvalue weighted by atomic mass is 16.5. The number of benzene rings is 1. The second-order valence-electron chi connectivity index (χ2n) is 5.20. The van der Waals surface area contributed by atoms with Gasteiger partial charge in [-0.3, -0.25) is 4.68 Å². The average molecular weight is 287 g/mol. The summed E-state index contributed by atoms with van der Waals surface area (Å²) < 4.78 is 7.73. The molecule has 0 aliphatic carbocycles.